The third-order valence-electron chi connectivity index (χ3n) is 2.89. The zero-order chi connectivity index (χ0) is 12.5. The van der Waals surface area contributed by atoms with Crippen LogP contribution in [0.3, 0.4) is 0 Å². The smallest absolute Gasteiger partial charge is 0.337 e. The summed E-state index contributed by atoms with van der Waals surface area (Å²) in [5, 5.41) is 12.9. The Labute approximate surface area is 108 Å². The number of carboxylic acids is 1. The fourth-order valence-electron chi connectivity index (χ4n) is 2.04. The lowest BCUT2D eigenvalue weighted by atomic mass is 10.2. The molecule has 0 fully saturated rings. The molecule has 3 rings (SSSR count). The number of nitrogens with one attached hydrogen (secondary N) is 1. The highest BCUT2D eigenvalue weighted by Crippen LogP contribution is 2.32. The molecule has 0 aromatic carbocycles. The van der Waals surface area contributed by atoms with E-state index in [9.17, 15) is 4.79 Å². The quantitative estimate of drug-likeness (QED) is 0.887. The highest BCUT2D eigenvalue weighted by atomic mass is 32.1. The van der Waals surface area contributed by atoms with Crippen LogP contribution >= 0.6 is 11.3 Å². The molecule has 5 nitrogen and oxygen atoms in total. The van der Waals surface area contributed by atoms with E-state index in [1.807, 2.05) is 0 Å². The summed E-state index contributed by atoms with van der Waals surface area (Å²) in [6, 6.07) is 1.48. The predicted octanol–water partition coefficient (Wildman–Crippen LogP) is 2.47. The van der Waals surface area contributed by atoms with Crippen LogP contribution in [0.2, 0.25) is 0 Å². The first kappa shape index (κ1) is 11.2. The number of fused-ring (bicyclic) bond motifs is 1. The second kappa shape index (κ2) is 4.38. The van der Waals surface area contributed by atoms with Crippen molar-refractivity contribution in [2.45, 2.75) is 19.3 Å². The molecule has 0 spiro atoms. The molecular weight excluding hydrogens is 250 g/mol. The summed E-state index contributed by atoms with van der Waals surface area (Å²) in [6.45, 7) is 0. The molecule has 0 bridgehead atoms. The molecule has 0 atom stereocenters. The zero-order valence-electron chi connectivity index (χ0n) is 9.51. The van der Waals surface area contributed by atoms with Crippen molar-refractivity contribution in [3.8, 4) is 0 Å². The van der Waals surface area contributed by atoms with Gasteiger partial charge in [0.25, 0.3) is 0 Å². The van der Waals surface area contributed by atoms with E-state index < -0.39 is 5.97 Å². The van der Waals surface area contributed by atoms with E-state index in [4.69, 9.17) is 5.11 Å². The molecule has 2 aromatic rings. The molecule has 2 aromatic heterocycles. The van der Waals surface area contributed by atoms with Crippen LogP contribution in [0.15, 0.2) is 18.5 Å². The Bertz CT molecular complexity index is 588. The number of nitrogens with zero attached hydrogens (tertiary/aromatic N) is 2. The van der Waals surface area contributed by atoms with Crippen LogP contribution < -0.4 is 5.32 Å². The number of thiazole rings is 1. The van der Waals surface area contributed by atoms with Gasteiger partial charge in [-0.15, -0.1) is 11.3 Å². The Morgan fingerprint density at radius 2 is 2.33 bits per heavy atom. The van der Waals surface area contributed by atoms with Crippen molar-refractivity contribution in [1.82, 2.24) is 9.97 Å². The molecule has 0 aliphatic heterocycles. The lowest BCUT2D eigenvalue weighted by Gasteiger charge is -2.05. The summed E-state index contributed by atoms with van der Waals surface area (Å²) in [5.41, 5.74) is 1.83. The van der Waals surface area contributed by atoms with E-state index in [1.54, 1.807) is 11.3 Å². The van der Waals surface area contributed by atoms with Crippen LogP contribution in [-0.4, -0.2) is 21.0 Å². The fourth-order valence-corrected chi connectivity index (χ4v) is 3.10. The summed E-state index contributed by atoms with van der Waals surface area (Å²) in [7, 11) is 0. The third kappa shape index (κ3) is 1.95. The minimum absolute atomic E-state index is 0.209. The standard InChI is InChI=1S/C12H11N3O2S/c16-11(17)7-4-5-13-6-9(7)15-12-14-8-2-1-3-10(8)18-12/h4-6H,1-3H2,(H,14,15)(H,16,17). The largest absolute Gasteiger partial charge is 0.478 e. The molecule has 18 heavy (non-hydrogen) atoms. The number of anilines is 2. The van der Waals surface area contributed by atoms with Gasteiger partial charge in [0.05, 0.1) is 23.1 Å². The number of rotatable bonds is 3. The van der Waals surface area contributed by atoms with Gasteiger partial charge in [-0.05, 0) is 25.3 Å². The maximum Gasteiger partial charge on any atom is 0.337 e. The van der Waals surface area contributed by atoms with E-state index in [2.05, 4.69) is 15.3 Å². The molecule has 2 heterocycles. The maximum absolute atomic E-state index is 11.1. The SMILES string of the molecule is O=C(O)c1ccncc1Nc1nc2c(s1)CCC2. The van der Waals surface area contributed by atoms with Crippen molar-refractivity contribution < 1.29 is 9.90 Å². The molecule has 92 valence electrons. The highest BCUT2D eigenvalue weighted by Gasteiger charge is 2.18. The fraction of sp³-hybridized carbons (Fsp3) is 0.250. The molecule has 0 saturated carbocycles. The van der Waals surface area contributed by atoms with E-state index in [0.717, 1.165) is 23.7 Å². The van der Waals surface area contributed by atoms with Crippen LogP contribution in [0.4, 0.5) is 10.8 Å². The predicted molar refractivity (Wildman–Crippen MR) is 68.6 cm³/mol. The van der Waals surface area contributed by atoms with Crippen LogP contribution in [0.5, 0.6) is 0 Å². The summed E-state index contributed by atoms with van der Waals surface area (Å²) in [4.78, 5) is 20.8. The van der Waals surface area contributed by atoms with Crippen molar-refractivity contribution in [3.05, 3.63) is 34.6 Å². The van der Waals surface area contributed by atoms with E-state index in [1.165, 1.54) is 29.8 Å². The zero-order valence-corrected chi connectivity index (χ0v) is 10.3. The van der Waals surface area contributed by atoms with Gasteiger partial charge >= 0.3 is 5.97 Å². The monoisotopic (exact) mass is 261 g/mol. The maximum atomic E-state index is 11.1. The van der Waals surface area contributed by atoms with Gasteiger partial charge in [0.15, 0.2) is 5.13 Å². The van der Waals surface area contributed by atoms with Gasteiger partial charge in [-0.25, -0.2) is 9.78 Å². The highest BCUT2D eigenvalue weighted by molar-refractivity contribution is 7.15. The Balaban J connectivity index is 1.90. The van der Waals surface area contributed by atoms with Crippen molar-refractivity contribution in [1.29, 1.82) is 0 Å². The number of aryl methyl sites for hydroxylation is 2. The Morgan fingerprint density at radius 1 is 1.44 bits per heavy atom. The molecule has 0 amide bonds. The Kier molecular flexibility index (Phi) is 2.71. The lowest BCUT2D eigenvalue weighted by Crippen LogP contribution is -2.03. The van der Waals surface area contributed by atoms with Crippen LogP contribution in [-0.2, 0) is 12.8 Å². The van der Waals surface area contributed by atoms with Gasteiger partial charge in [0.2, 0.25) is 0 Å². The first-order valence-electron chi connectivity index (χ1n) is 5.67. The average molecular weight is 261 g/mol. The number of carboxylic acid groups (broad SMARTS) is 1. The molecule has 0 unspecified atom stereocenters. The number of aromatic nitrogens is 2. The average Bonchev–Trinajstić information content (AvgIpc) is 2.90. The Morgan fingerprint density at radius 3 is 3.11 bits per heavy atom. The van der Waals surface area contributed by atoms with Gasteiger partial charge in [-0.1, -0.05) is 0 Å². The number of aromatic carboxylic acids is 1. The van der Waals surface area contributed by atoms with Gasteiger partial charge in [-0.2, -0.15) is 0 Å². The molecule has 2 N–H and O–H groups in total. The topological polar surface area (TPSA) is 75.1 Å². The Hall–Kier alpha value is -1.95. The summed E-state index contributed by atoms with van der Waals surface area (Å²) in [6.07, 6.45) is 6.24. The molecular formula is C12H11N3O2S. The summed E-state index contributed by atoms with van der Waals surface area (Å²) < 4.78 is 0. The van der Waals surface area contributed by atoms with Crippen molar-refractivity contribution >= 4 is 28.1 Å². The van der Waals surface area contributed by atoms with Crippen LogP contribution in [0, 0.1) is 0 Å². The minimum Gasteiger partial charge on any atom is -0.478 e. The molecule has 6 heteroatoms. The second-order valence-electron chi connectivity index (χ2n) is 4.09. The third-order valence-corrected chi connectivity index (χ3v) is 3.96. The van der Waals surface area contributed by atoms with Crippen molar-refractivity contribution in [3.63, 3.8) is 0 Å². The minimum atomic E-state index is -0.969. The van der Waals surface area contributed by atoms with Gasteiger partial charge in [0.1, 0.15) is 0 Å². The van der Waals surface area contributed by atoms with Gasteiger partial charge < -0.3 is 10.4 Å². The normalized spacial score (nSPS) is 13.3. The first-order valence-corrected chi connectivity index (χ1v) is 6.48. The summed E-state index contributed by atoms with van der Waals surface area (Å²) >= 11 is 1.59. The second-order valence-corrected chi connectivity index (χ2v) is 5.18. The van der Waals surface area contributed by atoms with Crippen molar-refractivity contribution in [2.75, 3.05) is 5.32 Å². The van der Waals surface area contributed by atoms with E-state index in [0.29, 0.717) is 5.69 Å². The number of hydrogen-bond acceptors (Lipinski definition) is 5. The molecule has 0 radical (unpaired) electrons. The molecule has 1 aliphatic rings. The van der Waals surface area contributed by atoms with Crippen molar-refractivity contribution in [2.24, 2.45) is 0 Å². The molecule has 1 aliphatic carbocycles. The number of hydrogen-bond donors (Lipinski definition) is 2. The molecule has 0 saturated heterocycles. The van der Waals surface area contributed by atoms with Gasteiger partial charge in [0, 0.05) is 11.1 Å². The van der Waals surface area contributed by atoms with Crippen LogP contribution in [0.1, 0.15) is 27.3 Å². The first-order chi connectivity index (χ1) is 8.74. The van der Waals surface area contributed by atoms with E-state index in [-0.39, 0.29) is 5.56 Å². The lowest BCUT2D eigenvalue weighted by molar-refractivity contribution is 0.0698. The van der Waals surface area contributed by atoms with Gasteiger partial charge in [-0.3, -0.25) is 4.98 Å². The summed E-state index contributed by atoms with van der Waals surface area (Å²) in [5.74, 6) is -0.969. The number of pyridine rings is 1. The van der Waals surface area contributed by atoms with E-state index >= 15 is 0 Å². The van der Waals surface area contributed by atoms with Crippen LogP contribution in [0.25, 0.3) is 0 Å². The number of carbonyl (C=O) groups is 1.